The molecular formula is C32H30O8. The Kier molecular flexibility index (Phi) is 11.4. The maximum atomic E-state index is 12.2. The monoisotopic (exact) mass is 542 g/mol. The van der Waals surface area contributed by atoms with Crippen molar-refractivity contribution in [2.45, 2.75) is 19.8 Å². The molecule has 0 bridgehead atoms. The highest BCUT2D eigenvalue weighted by Gasteiger charge is 2.08. The molecule has 8 heteroatoms. The van der Waals surface area contributed by atoms with Gasteiger partial charge in [0, 0.05) is 31.9 Å². The highest BCUT2D eigenvalue weighted by Crippen LogP contribution is 2.23. The number of Topliss-reactive ketones (excluding diaryl/α,β-unsaturated/α-hetero) is 1. The second-order valence-corrected chi connectivity index (χ2v) is 8.56. The van der Waals surface area contributed by atoms with Crippen molar-refractivity contribution in [3.05, 3.63) is 103 Å². The van der Waals surface area contributed by atoms with Gasteiger partial charge in [-0.3, -0.25) is 4.79 Å². The van der Waals surface area contributed by atoms with Crippen LogP contribution < -0.4 is 9.47 Å². The van der Waals surface area contributed by atoms with E-state index in [2.05, 4.69) is 6.58 Å². The molecule has 0 atom stereocenters. The lowest BCUT2D eigenvalue weighted by molar-refractivity contribution is -0.153. The molecule has 0 heterocycles. The number of hydrogen-bond donors (Lipinski definition) is 0. The molecule has 0 aliphatic carbocycles. The number of hydrogen-bond acceptors (Lipinski definition) is 8. The molecule has 40 heavy (non-hydrogen) atoms. The minimum atomic E-state index is -0.837. The fourth-order valence-electron chi connectivity index (χ4n) is 3.41. The number of ether oxygens (including phenoxy) is 4. The van der Waals surface area contributed by atoms with Gasteiger partial charge in [0.2, 0.25) is 5.78 Å². The third-order valence-electron chi connectivity index (χ3n) is 5.53. The van der Waals surface area contributed by atoms with Gasteiger partial charge in [0.05, 0.1) is 19.8 Å². The highest BCUT2D eigenvalue weighted by molar-refractivity contribution is 6.32. The first-order valence-corrected chi connectivity index (χ1v) is 12.6. The van der Waals surface area contributed by atoms with Crippen molar-refractivity contribution in [2.75, 3.05) is 19.8 Å². The van der Waals surface area contributed by atoms with Gasteiger partial charge in [-0.1, -0.05) is 55.1 Å². The second kappa shape index (κ2) is 15.4. The molecule has 206 valence electrons. The molecule has 0 aliphatic heterocycles. The summed E-state index contributed by atoms with van der Waals surface area (Å²) in [5.41, 5.74) is 3.79. The maximum absolute atomic E-state index is 12.2. The summed E-state index contributed by atoms with van der Waals surface area (Å²) in [6, 6.07) is 22.3. The summed E-state index contributed by atoms with van der Waals surface area (Å²) >= 11 is 0. The Balaban J connectivity index is 1.43. The van der Waals surface area contributed by atoms with Crippen LogP contribution in [0.1, 0.15) is 24.5 Å². The van der Waals surface area contributed by atoms with Gasteiger partial charge in [-0.05, 0) is 52.6 Å². The molecule has 0 unspecified atom stereocenters. The lowest BCUT2D eigenvalue weighted by atomic mass is 10.0. The van der Waals surface area contributed by atoms with Crippen LogP contribution in [0.3, 0.4) is 0 Å². The smallest absolute Gasteiger partial charge is 0.374 e. The van der Waals surface area contributed by atoms with Crippen molar-refractivity contribution in [2.24, 2.45) is 0 Å². The number of ketones is 1. The first kappa shape index (κ1) is 29.6. The Morgan fingerprint density at radius 2 is 1.35 bits per heavy atom. The molecule has 0 N–H and O–H groups in total. The minimum absolute atomic E-state index is 0.125. The molecule has 0 amide bonds. The number of esters is 3. The Bertz CT molecular complexity index is 1340. The zero-order valence-electron chi connectivity index (χ0n) is 22.2. The largest absolute Gasteiger partial charge is 0.493 e. The van der Waals surface area contributed by atoms with Crippen molar-refractivity contribution in [1.29, 1.82) is 0 Å². The van der Waals surface area contributed by atoms with Gasteiger partial charge in [0.15, 0.2) is 0 Å². The standard InChI is InChI=1S/C32H30O8/c1-3-30(34)38-22-19-25-7-14-29(15-8-25)40-31(35)18-9-24-5-10-26(11-6-24)27-12-16-28(17-13-27)37-20-4-21-39-32(36)23(2)33/h3,5-18H,1,4,19-22H2,2H3/b18-9+. The van der Waals surface area contributed by atoms with E-state index in [0.29, 0.717) is 30.9 Å². The lowest BCUT2D eigenvalue weighted by Crippen LogP contribution is -2.15. The molecule has 3 aromatic carbocycles. The predicted molar refractivity (Wildman–Crippen MR) is 150 cm³/mol. The molecule has 0 aliphatic rings. The summed E-state index contributed by atoms with van der Waals surface area (Å²) in [6.45, 7) is 5.24. The van der Waals surface area contributed by atoms with Gasteiger partial charge >= 0.3 is 17.9 Å². The van der Waals surface area contributed by atoms with E-state index >= 15 is 0 Å². The van der Waals surface area contributed by atoms with E-state index in [1.807, 2.05) is 60.7 Å². The van der Waals surface area contributed by atoms with Crippen LogP contribution in [0.15, 0.2) is 91.5 Å². The van der Waals surface area contributed by atoms with E-state index < -0.39 is 23.7 Å². The first-order chi connectivity index (χ1) is 19.3. The number of carbonyl (C=O) groups excluding carboxylic acids is 4. The van der Waals surface area contributed by atoms with Gasteiger partial charge in [-0.2, -0.15) is 0 Å². The van der Waals surface area contributed by atoms with Crippen LogP contribution >= 0.6 is 0 Å². The van der Waals surface area contributed by atoms with Crippen molar-refractivity contribution >= 4 is 29.8 Å². The van der Waals surface area contributed by atoms with Crippen molar-refractivity contribution < 1.29 is 38.1 Å². The average molecular weight is 543 g/mol. The van der Waals surface area contributed by atoms with E-state index in [1.165, 1.54) is 13.0 Å². The molecule has 3 aromatic rings. The van der Waals surface area contributed by atoms with Crippen LogP contribution in [0.4, 0.5) is 0 Å². The zero-order chi connectivity index (χ0) is 28.7. The molecule has 0 saturated carbocycles. The molecule has 0 radical (unpaired) electrons. The Labute approximate surface area is 232 Å². The van der Waals surface area contributed by atoms with Crippen LogP contribution in [-0.4, -0.2) is 43.5 Å². The number of rotatable bonds is 14. The first-order valence-electron chi connectivity index (χ1n) is 12.6. The Morgan fingerprint density at radius 3 is 1.98 bits per heavy atom. The zero-order valence-corrected chi connectivity index (χ0v) is 22.2. The van der Waals surface area contributed by atoms with Gasteiger partial charge in [-0.15, -0.1) is 0 Å². The SMILES string of the molecule is C=CC(=O)OCCc1ccc(OC(=O)/C=C/c2ccc(-c3ccc(OCCCOC(=O)C(C)=O)cc3)cc2)cc1. The summed E-state index contributed by atoms with van der Waals surface area (Å²) in [4.78, 5) is 45.2. The third-order valence-corrected chi connectivity index (χ3v) is 5.53. The molecule has 0 spiro atoms. The Morgan fingerprint density at radius 1 is 0.725 bits per heavy atom. The summed E-state index contributed by atoms with van der Waals surface area (Å²) in [6.07, 6.45) is 5.19. The molecule has 3 rings (SSSR count). The van der Waals surface area contributed by atoms with Gasteiger partial charge in [-0.25, -0.2) is 14.4 Å². The predicted octanol–water partition coefficient (Wildman–Crippen LogP) is 5.15. The van der Waals surface area contributed by atoms with Gasteiger partial charge in [0.1, 0.15) is 11.5 Å². The summed E-state index contributed by atoms with van der Waals surface area (Å²) in [5, 5.41) is 0. The fraction of sp³-hybridized carbons (Fsp3) is 0.188. The summed E-state index contributed by atoms with van der Waals surface area (Å²) in [7, 11) is 0. The lowest BCUT2D eigenvalue weighted by Gasteiger charge is -2.08. The van der Waals surface area contributed by atoms with E-state index in [-0.39, 0.29) is 13.2 Å². The van der Waals surface area contributed by atoms with E-state index in [4.69, 9.17) is 18.9 Å². The van der Waals surface area contributed by atoms with E-state index in [1.54, 1.807) is 18.2 Å². The quantitative estimate of drug-likeness (QED) is 0.0906. The maximum Gasteiger partial charge on any atom is 0.374 e. The summed E-state index contributed by atoms with van der Waals surface area (Å²) in [5.74, 6) is -1.31. The topological polar surface area (TPSA) is 105 Å². The van der Waals surface area contributed by atoms with Crippen molar-refractivity contribution in [3.63, 3.8) is 0 Å². The van der Waals surface area contributed by atoms with Crippen molar-refractivity contribution in [1.82, 2.24) is 0 Å². The summed E-state index contributed by atoms with van der Waals surface area (Å²) < 4.78 is 20.7. The highest BCUT2D eigenvalue weighted by atomic mass is 16.5. The third kappa shape index (κ3) is 10.1. The van der Waals surface area contributed by atoms with Gasteiger partial charge < -0.3 is 18.9 Å². The van der Waals surface area contributed by atoms with Crippen molar-refractivity contribution in [3.8, 4) is 22.6 Å². The molecule has 0 aromatic heterocycles. The normalized spacial score (nSPS) is 10.5. The molecular weight excluding hydrogens is 512 g/mol. The van der Waals surface area contributed by atoms with Crippen LogP contribution in [0.2, 0.25) is 0 Å². The fourth-order valence-corrected chi connectivity index (χ4v) is 3.41. The van der Waals surface area contributed by atoms with E-state index in [9.17, 15) is 19.2 Å². The Hall–Kier alpha value is -4.98. The second-order valence-electron chi connectivity index (χ2n) is 8.56. The van der Waals surface area contributed by atoms with Crippen LogP contribution in [0.5, 0.6) is 11.5 Å². The van der Waals surface area contributed by atoms with Crippen LogP contribution in [0, 0.1) is 0 Å². The molecule has 0 fully saturated rings. The van der Waals surface area contributed by atoms with E-state index in [0.717, 1.165) is 28.3 Å². The van der Waals surface area contributed by atoms with Gasteiger partial charge in [0.25, 0.3) is 0 Å². The average Bonchev–Trinajstić information content (AvgIpc) is 2.97. The molecule has 0 saturated heterocycles. The molecule has 8 nitrogen and oxygen atoms in total. The minimum Gasteiger partial charge on any atom is -0.493 e. The number of benzene rings is 3. The van der Waals surface area contributed by atoms with Crippen LogP contribution in [0.25, 0.3) is 17.2 Å². The number of carbonyl (C=O) groups is 4. The van der Waals surface area contributed by atoms with Crippen LogP contribution in [-0.2, 0) is 35.1 Å².